The van der Waals surface area contributed by atoms with Crippen molar-refractivity contribution in [2.75, 3.05) is 0 Å². The van der Waals surface area contributed by atoms with Crippen molar-refractivity contribution in [2.24, 2.45) is 0 Å². The molecule has 3 nitrogen and oxygen atoms in total. The molecule has 0 fully saturated rings. The summed E-state index contributed by atoms with van der Waals surface area (Å²) in [5, 5.41) is 0.801. The van der Waals surface area contributed by atoms with Crippen LogP contribution in [0.3, 0.4) is 0 Å². The molecule has 1 aromatic rings. The zero-order chi connectivity index (χ0) is 14.8. The van der Waals surface area contributed by atoms with Gasteiger partial charge in [0.1, 0.15) is 11.5 Å². The summed E-state index contributed by atoms with van der Waals surface area (Å²) in [4.78, 5) is -0.0304. The maximum absolute atomic E-state index is 11.3. The molecule has 0 N–H and O–H groups in total. The number of allylic oxidation sites excluding steroid dienone is 5. The fraction of sp³-hybridized carbons (Fsp3) is 0.0769. The first-order valence-corrected chi connectivity index (χ1v) is 8.59. The van der Waals surface area contributed by atoms with E-state index in [0.29, 0.717) is 28.0 Å². The Morgan fingerprint density at radius 1 is 1.10 bits per heavy atom. The molecule has 1 aliphatic rings. The van der Waals surface area contributed by atoms with E-state index >= 15 is 0 Å². The second-order valence-electron chi connectivity index (χ2n) is 3.90. The summed E-state index contributed by atoms with van der Waals surface area (Å²) in [5.74, 6) is 0.822. The maximum atomic E-state index is 11.3. The van der Waals surface area contributed by atoms with Gasteiger partial charge in [0.05, 0.1) is 15.0 Å². The number of hydrogen-bond donors (Lipinski definition) is 0. The lowest BCUT2D eigenvalue weighted by Crippen LogP contribution is -1.95. The van der Waals surface area contributed by atoms with Crippen LogP contribution in [-0.4, -0.2) is 8.42 Å². The van der Waals surface area contributed by atoms with Crippen LogP contribution in [0.2, 0.25) is 0 Å². The minimum atomic E-state index is -3.79. The van der Waals surface area contributed by atoms with Crippen molar-refractivity contribution in [1.82, 2.24) is 0 Å². The third-order valence-corrected chi connectivity index (χ3v) is 4.55. The average molecular weight is 352 g/mol. The second-order valence-corrected chi connectivity index (χ2v) is 7.28. The smallest absolute Gasteiger partial charge is 0.261 e. The van der Waals surface area contributed by atoms with Crippen molar-refractivity contribution in [1.29, 1.82) is 0 Å². The highest BCUT2D eigenvalue weighted by atomic mass is 35.7. The molecule has 0 bridgehead atoms. The molecular weight excluding hydrogens is 343 g/mol. The Balaban J connectivity index is 2.26. The number of rotatable bonds is 3. The molecule has 0 unspecified atom stereocenters. The van der Waals surface area contributed by atoms with E-state index in [9.17, 15) is 8.42 Å². The van der Waals surface area contributed by atoms with Crippen molar-refractivity contribution in [3.8, 4) is 5.75 Å². The highest BCUT2D eigenvalue weighted by Crippen LogP contribution is 2.27. The summed E-state index contributed by atoms with van der Waals surface area (Å²) in [7, 11) is 1.49. The van der Waals surface area contributed by atoms with Gasteiger partial charge in [-0.3, -0.25) is 0 Å². The van der Waals surface area contributed by atoms with E-state index in [1.54, 1.807) is 30.4 Å². The molecule has 0 saturated carbocycles. The molecule has 0 aliphatic heterocycles. The van der Waals surface area contributed by atoms with Gasteiger partial charge in [-0.1, -0.05) is 35.3 Å². The number of hydrogen-bond acceptors (Lipinski definition) is 3. The Bertz CT molecular complexity index is 718. The van der Waals surface area contributed by atoms with Crippen molar-refractivity contribution >= 4 is 42.9 Å². The number of halogens is 3. The van der Waals surface area contributed by atoms with Crippen molar-refractivity contribution in [2.45, 2.75) is 11.3 Å². The molecule has 0 spiro atoms. The van der Waals surface area contributed by atoms with E-state index in [-0.39, 0.29) is 4.90 Å². The Hall–Kier alpha value is -0.940. The van der Waals surface area contributed by atoms with Crippen LogP contribution in [0, 0.1) is 0 Å². The van der Waals surface area contributed by atoms with E-state index in [4.69, 9.17) is 38.6 Å². The molecule has 1 aliphatic carbocycles. The molecule has 0 saturated heterocycles. The topological polar surface area (TPSA) is 43.4 Å². The summed E-state index contributed by atoms with van der Waals surface area (Å²) in [5.41, 5.74) is 0. The van der Waals surface area contributed by atoms with Gasteiger partial charge >= 0.3 is 0 Å². The van der Waals surface area contributed by atoms with Gasteiger partial charge in [0, 0.05) is 22.8 Å². The predicted molar refractivity (Wildman–Crippen MR) is 80.7 cm³/mol. The van der Waals surface area contributed by atoms with Gasteiger partial charge in [-0.15, -0.1) is 0 Å². The lowest BCUT2D eigenvalue weighted by molar-refractivity contribution is 0.441. The first kappa shape index (κ1) is 15.4. The monoisotopic (exact) mass is 350 g/mol. The molecule has 0 heterocycles. The fourth-order valence-corrected chi connectivity index (χ4v) is 2.64. The first-order chi connectivity index (χ1) is 9.36. The van der Waals surface area contributed by atoms with Crippen LogP contribution in [0.4, 0.5) is 0 Å². The molecular formula is C13H9Cl3O3S. The van der Waals surface area contributed by atoms with Gasteiger partial charge in [0.15, 0.2) is 0 Å². The highest BCUT2D eigenvalue weighted by molar-refractivity contribution is 8.13. The van der Waals surface area contributed by atoms with Gasteiger partial charge in [-0.05, 0) is 24.6 Å². The fourth-order valence-electron chi connectivity index (χ4n) is 1.53. The van der Waals surface area contributed by atoms with Crippen LogP contribution in [0.5, 0.6) is 5.75 Å². The first-order valence-electron chi connectivity index (χ1n) is 5.52. The normalized spacial score (nSPS) is 15.8. The molecule has 0 atom stereocenters. The van der Waals surface area contributed by atoms with Crippen LogP contribution in [-0.2, 0) is 9.05 Å². The zero-order valence-electron chi connectivity index (χ0n) is 10.0. The summed E-state index contributed by atoms with van der Waals surface area (Å²) in [6.45, 7) is 0. The molecule has 1 aromatic carbocycles. The van der Waals surface area contributed by atoms with Crippen molar-refractivity contribution in [3.05, 3.63) is 58.3 Å². The third-order valence-electron chi connectivity index (χ3n) is 2.44. The van der Waals surface area contributed by atoms with Crippen LogP contribution < -0.4 is 4.74 Å². The van der Waals surface area contributed by atoms with Gasteiger partial charge in [0.2, 0.25) is 0 Å². The van der Waals surface area contributed by atoms with Gasteiger partial charge in [-0.25, -0.2) is 8.42 Å². The highest BCUT2D eigenvalue weighted by Gasteiger charge is 2.12. The van der Waals surface area contributed by atoms with Gasteiger partial charge < -0.3 is 4.74 Å². The lowest BCUT2D eigenvalue weighted by Gasteiger charge is -2.07. The van der Waals surface area contributed by atoms with E-state index in [0.717, 1.165) is 0 Å². The largest absolute Gasteiger partial charge is 0.458 e. The zero-order valence-corrected chi connectivity index (χ0v) is 13.1. The average Bonchev–Trinajstić information content (AvgIpc) is 2.51. The van der Waals surface area contributed by atoms with E-state index in [2.05, 4.69) is 0 Å². The summed E-state index contributed by atoms with van der Waals surface area (Å²) < 4.78 is 28.1. The van der Waals surface area contributed by atoms with Crippen LogP contribution >= 0.6 is 33.9 Å². The molecule has 7 heteroatoms. The van der Waals surface area contributed by atoms with Crippen LogP contribution in [0.25, 0.3) is 0 Å². The van der Waals surface area contributed by atoms with E-state index in [1.165, 1.54) is 12.1 Å². The Kier molecular flexibility index (Phi) is 4.81. The molecule has 106 valence electrons. The standard InChI is InChI=1S/C13H9Cl3O3S/c14-12-6-2-4-10(8-13(12)15)19-9-3-1-5-11(7-9)20(16,17)18/h1,3-8H,2H2. The van der Waals surface area contributed by atoms with Crippen molar-refractivity contribution in [3.63, 3.8) is 0 Å². The Morgan fingerprint density at radius 3 is 2.55 bits per heavy atom. The Morgan fingerprint density at radius 2 is 1.85 bits per heavy atom. The summed E-state index contributed by atoms with van der Waals surface area (Å²) in [6.07, 6.45) is 5.65. The van der Waals surface area contributed by atoms with Gasteiger partial charge in [-0.2, -0.15) is 0 Å². The van der Waals surface area contributed by atoms with Crippen LogP contribution in [0.15, 0.2) is 63.2 Å². The molecule has 20 heavy (non-hydrogen) atoms. The number of benzene rings is 1. The molecule has 2 rings (SSSR count). The summed E-state index contributed by atoms with van der Waals surface area (Å²) >= 11 is 11.9. The minimum Gasteiger partial charge on any atom is -0.458 e. The second kappa shape index (κ2) is 6.22. The Labute approximate surface area is 131 Å². The SMILES string of the molecule is O=S(=O)(Cl)c1cccc(OC2=CCC=C(Cl)C(Cl)=C2)c1. The summed E-state index contributed by atoms with van der Waals surface area (Å²) in [6, 6.07) is 5.88. The quantitative estimate of drug-likeness (QED) is 0.752. The minimum absolute atomic E-state index is 0.0304. The molecule has 0 aromatic heterocycles. The predicted octanol–water partition coefficient (Wildman–Crippen LogP) is 4.53. The molecule has 0 amide bonds. The molecule has 0 radical (unpaired) electrons. The van der Waals surface area contributed by atoms with Gasteiger partial charge in [0.25, 0.3) is 9.05 Å². The number of ether oxygens (including phenoxy) is 1. The third kappa shape index (κ3) is 4.03. The lowest BCUT2D eigenvalue weighted by atomic mass is 10.3. The van der Waals surface area contributed by atoms with Crippen LogP contribution in [0.1, 0.15) is 6.42 Å². The van der Waals surface area contributed by atoms with Crippen molar-refractivity contribution < 1.29 is 13.2 Å². The van der Waals surface area contributed by atoms with E-state index < -0.39 is 9.05 Å². The van der Waals surface area contributed by atoms with E-state index in [1.807, 2.05) is 0 Å². The maximum Gasteiger partial charge on any atom is 0.261 e.